The van der Waals surface area contributed by atoms with E-state index >= 15 is 0 Å². The van der Waals surface area contributed by atoms with Crippen LogP contribution in [0.25, 0.3) is 0 Å². The number of guanidine groups is 1. The van der Waals surface area contributed by atoms with Crippen molar-refractivity contribution in [3.8, 4) is 5.75 Å². The molecule has 1 rings (SSSR count). The van der Waals surface area contributed by atoms with Gasteiger partial charge in [-0.15, -0.1) is 0 Å². The molecule has 25 heavy (non-hydrogen) atoms. The fourth-order valence-corrected chi connectivity index (χ4v) is 3.20. The third-order valence-corrected chi connectivity index (χ3v) is 5.79. The van der Waals surface area contributed by atoms with Gasteiger partial charge in [-0.1, -0.05) is 17.7 Å². The normalized spacial score (nSPS) is 13.4. The molecule has 0 aromatic heterocycles. The van der Waals surface area contributed by atoms with Gasteiger partial charge in [0, 0.05) is 39.4 Å². The Balaban J connectivity index is 2.52. The third kappa shape index (κ3) is 8.10. The van der Waals surface area contributed by atoms with E-state index in [0.29, 0.717) is 23.9 Å². The molecule has 0 saturated heterocycles. The minimum atomic E-state index is -0.891. The number of halogens is 1. The summed E-state index contributed by atoms with van der Waals surface area (Å²) in [6, 6.07) is 5.69. The zero-order chi connectivity index (χ0) is 18.9. The first-order valence-corrected chi connectivity index (χ1v) is 10.2. The molecule has 0 saturated carbocycles. The molecule has 142 valence electrons. The number of benzene rings is 1. The molecule has 1 atom stereocenters. The summed E-state index contributed by atoms with van der Waals surface area (Å²) < 4.78 is 17.0. The average molecular weight is 388 g/mol. The molecule has 2 N–H and O–H groups in total. The van der Waals surface area contributed by atoms with Gasteiger partial charge in [-0.2, -0.15) is 0 Å². The van der Waals surface area contributed by atoms with Crippen LogP contribution in [0.1, 0.15) is 33.3 Å². The molecular weight excluding hydrogens is 358 g/mol. The van der Waals surface area contributed by atoms with Crippen LogP contribution in [0, 0.1) is 0 Å². The van der Waals surface area contributed by atoms with E-state index in [0.717, 1.165) is 30.2 Å². The van der Waals surface area contributed by atoms with Crippen LogP contribution in [-0.4, -0.2) is 47.4 Å². The summed E-state index contributed by atoms with van der Waals surface area (Å²) in [5.74, 6) is 2.05. The van der Waals surface area contributed by atoms with Crippen LogP contribution in [0.3, 0.4) is 0 Å². The highest BCUT2D eigenvalue weighted by Gasteiger charge is 2.18. The number of nitrogens with zero attached hydrogens (tertiary/aromatic N) is 1. The number of hydrogen-bond donors (Lipinski definition) is 2. The van der Waals surface area contributed by atoms with Gasteiger partial charge in [-0.25, -0.2) is 0 Å². The summed E-state index contributed by atoms with van der Waals surface area (Å²) in [4.78, 5) is 4.50. The third-order valence-electron chi connectivity index (χ3n) is 3.52. The summed E-state index contributed by atoms with van der Waals surface area (Å²) in [5.41, 5.74) is 1.06. The predicted molar refractivity (Wildman–Crippen MR) is 108 cm³/mol. The molecule has 1 aromatic rings. The molecule has 0 aliphatic rings. The van der Waals surface area contributed by atoms with Gasteiger partial charge in [0.1, 0.15) is 5.75 Å². The van der Waals surface area contributed by atoms with Crippen molar-refractivity contribution >= 4 is 28.4 Å². The van der Waals surface area contributed by atoms with Crippen LogP contribution in [-0.2, 0) is 17.2 Å². The van der Waals surface area contributed by atoms with E-state index in [1.807, 2.05) is 45.9 Å². The van der Waals surface area contributed by atoms with E-state index in [1.54, 1.807) is 7.11 Å². The Morgan fingerprint density at radius 3 is 2.60 bits per heavy atom. The van der Waals surface area contributed by atoms with E-state index in [2.05, 4.69) is 15.6 Å². The Bertz CT molecular complexity index is 600. The Morgan fingerprint density at radius 2 is 2.04 bits per heavy atom. The predicted octanol–water partition coefficient (Wildman–Crippen LogP) is 2.99. The lowest BCUT2D eigenvalue weighted by Crippen LogP contribution is -2.38. The van der Waals surface area contributed by atoms with Crippen LogP contribution >= 0.6 is 11.6 Å². The fraction of sp³-hybridized carbons (Fsp3) is 0.611. The van der Waals surface area contributed by atoms with E-state index in [-0.39, 0.29) is 4.75 Å². The highest BCUT2D eigenvalue weighted by atomic mass is 35.5. The number of hydrogen-bond acceptors (Lipinski definition) is 3. The van der Waals surface area contributed by atoms with Gasteiger partial charge in [0.05, 0.1) is 13.7 Å². The molecular formula is C18H30ClN3O2S. The SMILES string of the molecule is CCNC(=NCCS(=O)C(C)(C)C)NCCc1ccc(OC)cc1Cl. The fourth-order valence-electron chi connectivity index (χ4n) is 2.06. The number of aliphatic imine (C=N–C) groups is 1. The topological polar surface area (TPSA) is 62.7 Å². The second-order valence-corrected chi connectivity index (χ2v) is 9.29. The monoisotopic (exact) mass is 387 g/mol. The van der Waals surface area contributed by atoms with Crippen molar-refractivity contribution < 1.29 is 8.95 Å². The average Bonchev–Trinajstić information content (AvgIpc) is 2.55. The molecule has 0 heterocycles. The lowest BCUT2D eigenvalue weighted by Gasteiger charge is -2.17. The maximum Gasteiger partial charge on any atom is 0.191 e. The van der Waals surface area contributed by atoms with E-state index < -0.39 is 10.8 Å². The van der Waals surface area contributed by atoms with Gasteiger partial charge in [0.2, 0.25) is 0 Å². The van der Waals surface area contributed by atoms with Crippen molar-refractivity contribution in [2.45, 2.75) is 38.9 Å². The lowest BCUT2D eigenvalue weighted by molar-refractivity contribution is 0.414. The smallest absolute Gasteiger partial charge is 0.191 e. The van der Waals surface area contributed by atoms with Crippen LogP contribution in [0.15, 0.2) is 23.2 Å². The zero-order valence-corrected chi connectivity index (χ0v) is 17.4. The Labute approximate surface area is 159 Å². The van der Waals surface area contributed by atoms with Gasteiger partial charge in [0.15, 0.2) is 5.96 Å². The maximum atomic E-state index is 12.1. The Hall–Kier alpha value is -1.27. The van der Waals surface area contributed by atoms with Crippen LogP contribution in [0.2, 0.25) is 5.02 Å². The zero-order valence-electron chi connectivity index (χ0n) is 15.8. The summed E-state index contributed by atoms with van der Waals surface area (Å²) >= 11 is 6.26. The van der Waals surface area contributed by atoms with Crippen LogP contribution in [0.4, 0.5) is 0 Å². The molecule has 0 aliphatic heterocycles. The molecule has 0 aliphatic carbocycles. The highest BCUT2D eigenvalue weighted by Crippen LogP contribution is 2.22. The molecule has 0 amide bonds. The number of ether oxygens (including phenoxy) is 1. The van der Waals surface area contributed by atoms with E-state index in [9.17, 15) is 4.21 Å². The molecule has 0 radical (unpaired) electrons. The van der Waals surface area contributed by atoms with Crippen LogP contribution in [0.5, 0.6) is 5.75 Å². The van der Waals surface area contributed by atoms with Crippen molar-refractivity contribution in [2.24, 2.45) is 4.99 Å². The molecule has 5 nitrogen and oxygen atoms in total. The van der Waals surface area contributed by atoms with Gasteiger partial charge in [-0.05, 0) is 51.8 Å². The second-order valence-electron chi connectivity index (χ2n) is 6.56. The van der Waals surface area contributed by atoms with Gasteiger partial charge in [-0.3, -0.25) is 9.20 Å². The van der Waals surface area contributed by atoms with Gasteiger partial charge < -0.3 is 15.4 Å². The Morgan fingerprint density at radius 1 is 1.32 bits per heavy atom. The Kier molecular flexibility index (Phi) is 9.28. The summed E-state index contributed by atoms with van der Waals surface area (Å²) in [6.07, 6.45) is 0.779. The van der Waals surface area contributed by atoms with Crippen LogP contribution < -0.4 is 15.4 Å². The minimum Gasteiger partial charge on any atom is -0.497 e. The summed E-state index contributed by atoms with van der Waals surface area (Å²) in [5, 5.41) is 7.19. The van der Waals surface area contributed by atoms with Gasteiger partial charge >= 0.3 is 0 Å². The number of methoxy groups -OCH3 is 1. The van der Waals surface area contributed by atoms with E-state index in [4.69, 9.17) is 16.3 Å². The maximum absolute atomic E-state index is 12.1. The quantitative estimate of drug-likeness (QED) is 0.531. The molecule has 0 spiro atoms. The standard InChI is InChI=1S/C18H30ClN3O2S/c1-6-20-17(22-11-12-25(23)18(2,3)4)21-10-9-14-7-8-15(24-5)13-16(14)19/h7-8,13H,6,9-12H2,1-5H3,(H2,20,21,22). The minimum absolute atomic E-state index is 0.202. The first-order chi connectivity index (χ1) is 11.8. The molecule has 0 bridgehead atoms. The summed E-state index contributed by atoms with van der Waals surface area (Å²) in [6.45, 7) is 9.98. The van der Waals surface area contributed by atoms with Crippen molar-refractivity contribution in [3.05, 3.63) is 28.8 Å². The first kappa shape index (κ1) is 21.8. The van der Waals surface area contributed by atoms with Gasteiger partial charge in [0.25, 0.3) is 0 Å². The second kappa shape index (κ2) is 10.7. The molecule has 1 aromatic carbocycles. The largest absolute Gasteiger partial charge is 0.497 e. The van der Waals surface area contributed by atoms with Crippen molar-refractivity contribution in [2.75, 3.05) is 32.5 Å². The van der Waals surface area contributed by atoms with Crippen molar-refractivity contribution in [1.82, 2.24) is 10.6 Å². The molecule has 1 unspecified atom stereocenters. The van der Waals surface area contributed by atoms with Crippen molar-refractivity contribution in [3.63, 3.8) is 0 Å². The summed E-state index contributed by atoms with van der Waals surface area (Å²) in [7, 11) is 0.732. The first-order valence-electron chi connectivity index (χ1n) is 8.51. The molecule has 7 heteroatoms. The van der Waals surface area contributed by atoms with Crippen molar-refractivity contribution in [1.29, 1.82) is 0 Å². The molecule has 0 fully saturated rings. The highest BCUT2D eigenvalue weighted by molar-refractivity contribution is 7.86. The number of rotatable bonds is 8. The lowest BCUT2D eigenvalue weighted by atomic mass is 10.1. The van der Waals surface area contributed by atoms with E-state index in [1.165, 1.54) is 0 Å². The number of nitrogens with one attached hydrogen (secondary N) is 2.